The van der Waals surface area contributed by atoms with Crippen LogP contribution in [0.15, 0.2) is 23.1 Å². The molecule has 1 aromatic heterocycles. The highest BCUT2D eigenvalue weighted by Crippen LogP contribution is 2.40. The molecule has 1 aliphatic carbocycles. The predicted molar refractivity (Wildman–Crippen MR) is 102 cm³/mol. The Bertz CT molecular complexity index is 1090. The average Bonchev–Trinajstić information content (AvgIpc) is 3.27. The van der Waals surface area contributed by atoms with E-state index in [0.717, 1.165) is 12.8 Å². The predicted octanol–water partition coefficient (Wildman–Crippen LogP) is 1.44. The number of amides is 2. The maximum absolute atomic E-state index is 12.9. The lowest BCUT2D eigenvalue weighted by Gasteiger charge is -2.24. The van der Waals surface area contributed by atoms with Crippen LogP contribution in [0.2, 0.25) is 0 Å². The lowest BCUT2D eigenvalue weighted by Crippen LogP contribution is -2.35. The van der Waals surface area contributed by atoms with Gasteiger partial charge in [-0.25, -0.2) is 13.6 Å². The first-order valence-electron chi connectivity index (χ1n) is 8.99. The highest BCUT2D eigenvalue weighted by atomic mass is 32.2. The highest BCUT2D eigenvalue weighted by Gasteiger charge is 2.41. The van der Waals surface area contributed by atoms with E-state index < -0.39 is 10.0 Å². The molecule has 4 N–H and O–H groups in total. The molecule has 1 fully saturated rings. The summed E-state index contributed by atoms with van der Waals surface area (Å²) in [7, 11) is -4.11. The van der Waals surface area contributed by atoms with Gasteiger partial charge >= 0.3 is 0 Å². The Labute approximate surface area is 162 Å². The molecule has 148 valence electrons. The molecule has 1 aromatic carbocycles. The van der Waals surface area contributed by atoms with E-state index in [4.69, 9.17) is 5.14 Å². The summed E-state index contributed by atoms with van der Waals surface area (Å²) in [5, 5.41) is 14.7. The molecular formula is C18H21N5O4S. The number of carbonyl (C=O) groups excluding carboxylic acids is 2. The molecule has 2 aliphatic rings. The number of aromatic amines is 1. The monoisotopic (exact) mass is 403 g/mol. The van der Waals surface area contributed by atoms with E-state index in [1.807, 2.05) is 6.92 Å². The molecule has 0 radical (unpaired) electrons. The first-order chi connectivity index (χ1) is 13.1. The molecule has 4 rings (SSSR count). The number of nitrogens with two attached hydrogens (primary N) is 1. The van der Waals surface area contributed by atoms with Gasteiger partial charge in [-0.3, -0.25) is 14.7 Å². The minimum atomic E-state index is -4.11. The Hall–Kier alpha value is -2.72. The van der Waals surface area contributed by atoms with Gasteiger partial charge in [-0.2, -0.15) is 5.10 Å². The summed E-state index contributed by atoms with van der Waals surface area (Å²) in [5.74, 6) is 0.213. The standard InChI is InChI=1S/C18H21N5O4S/c1-9(11-3-4-11)23-8-13-5-12(14-7-16(22-21-14)20-10(2)24)6-15(28(19,26)27)17(13)18(23)25/h5-7,9,11H,3-4,8H2,1-2H3,(H2,19,26,27)(H2,20,21,22,24)/t9-/m0/s1. The molecule has 0 spiro atoms. The molecule has 10 heteroatoms. The fraction of sp³-hybridized carbons (Fsp3) is 0.389. The molecule has 1 aliphatic heterocycles. The molecule has 9 nitrogen and oxygen atoms in total. The van der Waals surface area contributed by atoms with Gasteiger partial charge in [-0.05, 0) is 43.4 Å². The lowest BCUT2D eigenvalue weighted by molar-refractivity contribution is -0.114. The third-order valence-corrected chi connectivity index (χ3v) is 6.23. The van der Waals surface area contributed by atoms with Crippen LogP contribution in [0.3, 0.4) is 0 Å². The van der Waals surface area contributed by atoms with E-state index in [1.54, 1.807) is 17.0 Å². The number of benzene rings is 1. The van der Waals surface area contributed by atoms with E-state index in [9.17, 15) is 18.0 Å². The van der Waals surface area contributed by atoms with Gasteiger partial charge in [0.2, 0.25) is 15.9 Å². The maximum Gasteiger partial charge on any atom is 0.256 e. The number of primary sulfonamides is 1. The Balaban J connectivity index is 1.78. The highest BCUT2D eigenvalue weighted by molar-refractivity contribution is 7.89. The van der Waals surface area contributed by atoms with E-state index in [2.05, 4.69) is 15.5 Å². The van der Waals surface area contributed by atoms with Crippen molar-refractivity contribution in [3.05, 3.63) is 29.3 Å². The number of H-pyrrole nitrogens is 1. The molecule has 28 heavy (non-hydrogen) atoms. The van der Waals surface area contributed by atoms with Crippen LogP contribution in [0.5, 0.6) is 0 Å². The maximum atomic E-state index is 12.9. The third kappa shape index (κ3) is 3.29. The number of fused-ring (bicyclic) bond motifs is 1. The summed E-state index contributed by atoms with van der Waals surface area (Å²) in [5.41, 5.74) is 1.81. The van der Waals surface area contributed by atoms with E-state index >= 15 is 0 Å². The Morgan fingerprint density at radius 1 is 1.36 bits per heavy atom. The van der Waals surface area contributed by atoms with Crippen molar-refractivity contribution < 1.29 is 18.0 Å². The van der Waals surface area contributed by atoms with Crippen LogP contribution in [0.25, 0.3) is 11.3 Å². The van der Waals surface area contributed by atoms with Crippen LogP contribution in [0.1, 0.15) is 42.6 Å². The fourth-order valence-electron chi connectivity index (χ4n) is 3.70. The molecule has 1 saturated carbocycles. The van der Waals surface area contributed by atoms with Crippen molar-refractivity contribution in [2.45, 2.75) is 44.2 Å². The van der Waals surface area contributed by atoms with Crippen LogP contribution in [0.4, 0.5) is 5.82 Å². The van der Waals surface area contributed by atoms with Crippen LogP contribution in [-0.2, 0) is 21.4 Å². The van der Waals surface area contributed by atoms with Crippen LogP contribution >= 0.6 is 0 Å². The fourth-order valence-corrected chi connectivity index (χ4v) is 4.49. The van der Waals surface area contributed by atoms with E-state index in [1.165, 1.54) is 13.0 Å². The number of nitrogens with one attached hydrogen (secondary N) is 2. The molecular weight excluding hydrogens is 382 g/mol. The summed E-state index contributed by atoms with van der Waals surface area (Å²) in [4.78, 5) is 25.7. The molecule has 2 amide bonds. The van der Waals surface area contributed by atoms with Crippen molar-refractivity contribution in [3.8, 4) is 11.3 Å². The van der Waals surface area contributed by atoms with Gasteiger partial charge in [0.15, 0.2) is 5.82 Å². The first kappa shape index (κ1) is 18.6. The average molecular weight is 403 g/mol. The zero-order valence-corrected chi connectivity index (χ0v) is 16.3. The van der Waals surface area contributed by atoms with Crippen molar-refractivity contribution in [2.75, 3.05) is 5.32 Å². The van der Waals surface area contributed by atoms with Crippen molar-refractivity contribution >= 4 is 27.7 Å². The van der Waals surface area contributed by atoms with Crippen molar-refractivity contribution in [3.63, 3.8) is 0 Å². The Morgan fingerprint density at radius 3 is 2.68 bits per heavy atom. The first-order valence-corrected chi connectivity index (χ1v) is 10.5. The van der Waals surface area contributed by atoms with Crippen molar-refractivity contribution in [2.24, 2.45) is 11.1 Å². The number of hydrogen-bond acceptors (Lipinski definition) is 5. The molecule has 1 atom stereocenters. The molecule has 0 saturated heterocycles. The largest absolute Gasteiger partial charge is 0.331 e. The van der Waals surface area contributed by atoms with Gasteiger partial charge in [0.05, 0.1) is 16.2 Å². The topological polar surface area (TPSA) is 138 Å². The Morgan fingerprint density at radius 2 is 2.07 bits per heavy atom. The van der Waals surface area contributed by atoms with Gasteiger partial charge in [0, 0.05) is 31.1 Å². The van der Waals surface area contributed by atoms with Crippen LogP contribution in [0, 0.1) is 5.92 Å². The number of anilines is 1. The molecule has 2 heterocycles. The number of carbonyl (C=O) groups is 2. The zero-order valence-electron chi connectivity index (χ0n) is 15.5. The lowest BCUT2D eigenvalue weighted by atomic mass is 10.0. The van der Waals surface area contributed by atoms with Crippen molar-refractivity contribution in [1.29, 1.82) is 0 Å². The number of aromatic nitrogens is 2. The van der Waals surface area contributed by atoms with E-state index in [-0.39, 0.29) is 28.3 Å². The summed E-state index contributed by atoms with van der Waals surface area (Å²) in [6.45, 7) is 3.70. The summed E-state index contributed by atoms with van der Waals surface area (Å²) >= 11 is 0. The second kappa shape index (κ2) is 6.42. The SMILES string of the molecule is CC(=O)Nc1cc(-c2cc3c(c(S(N)(=O)=O)c2)C(=O)N([C@@H](C)C2CC2)C3)[nH]n1. The number of nitrogens with zero attached hydrogens (tertiary/aromatic N) is 2. The van der Waals surface area contributed by atoms with Gasteiger partial charge < -0.3 is 10.2 Å². The summed E-state index contributed by atoms with van der Waals surface area (Å²) < 4.78 is 24.4. The van der Waals surface area contributed by atoms with E-state index in [0.29, 0.717) is 35.1 Å². The second-order valence-corrected chi connectivity index (χ2v) is 8.94. The Kier molecular flexibility index (Phi) is 4.27. The van der Waals surface area contributed by atoms with Gasteiger partial charge in [-0.15, -0.1) is 0 Å². The normalized spacial score (nSPS) is 17.5. The number of sulfonamides is 1. The van der Waals surface area contributed by atoms with Crippen LogP contribution in [-0.4, -0.2) is 41.4 Å². The third-order valence-electron chi connectivity index (χ3n) is 5.29. The van der Waals surface area contributed by atoms with Gasteiger partial charge in [-0.1, -0.05) is 0 Å². The summed E-state index contributed by atoms with van der Waals surface area (Å²) in [6, 6.07) is 4.79. The zero-order chi connectivity index (χ0) is 20.2. The number of hydrogen-bond donors (Lipinski definition) is 3. The van der Waals surface area contributed by atoms with Crippen LogP contribution < -0.4 is 10.5 Å². The molecule has 0 unspecified atom stereocenters. The van der Waals surface area contributed by atoms with Crippen molar-refractivity contribution in [1.82, 2.24) is 15.1 Å². The second-order valence-electron chi connectivity index (χ2n) is 7.41. The molecule has 0 bridgehead atoms. The van der Waals surface area contributed by atoms with Gasteiger partial charge in [0.1, 0.15) is 0 Å². The minimum absolute atomic E-state index is 0.0511. The smallest absolute Gasteiger partial charge is 0.256 e. The van der Waals surface area contributed by atoms with Gasteiger partial charge in [0.25, 0.3) is 5.91 Å². The minimum Gasteiger partial charge on any atom is -0.331 e. The quantitative estimate of drug-likeness (QED) is 0.693. The number of rotatable bonds is 5. The summed E-state index contributed by atoms with van der Waals surface area (Å²) in [6.07, 6.45) is 2.16. The molecule has 2 aromatic rings.